The minimum Gasteiger partial charge on any atom is -0.497 e. The van der Waals surface area contributed by atoms with Gasteiger partial charge in [-0.2, -0.15) is 13.2 Å². The lowest BCUT2D eigenvalue weighted by molar-refractivity contribution is -0.137. The zero-order chi connectivity index (χ0) is 19.9. The Morgan fingerprint density at radius 3 is 2.48 bits per heavy atom. The fraction of sp³-hybridized carbons (Fsp3) is 0.158. The molecule has 0 unspecified atom stereocenters. The van der Waals surface area contributed by atoms with E-state index in [1.807, 2.05) is 0 Å². The van der Waals surface area contributed by atoms with Crippen molar-refractivity contribution in [3.05, 3.63) is 58.1 Å². The van der Waals surface area contributed by atoms with Crippen LogP contribution in [0, 0.1) is 0 Å². The van der Waals surface area contributed by atoms with Crippen molar-refractivity contribution in [2.75, 3.05) is 12.0 Å². The maximum atomic E-state index is 13.1. The number of anilines is 1. The van der Waals surface area contributed by atoms with E-state index in [-0.39, 0.29) is 16.9 Å². The van der Waals surface area contributed by atoms with E-state index >= 15 is 0 Å². The first-order chi connectivity index (χ1) is 12.6. The summed E-state index contributed by atoms with van der Waals surface area (Å²) in [6, 6.07) is 7.71. The highest BCUT2D eigenvalue weighted by Crippen LogP contribution is 2.40. The van der Waals surface area contributed by atoms with E-state index in [1.54, 1.807) is 6.07 Å². The van der Waals surface area contributed by atoms with Crippen molar-refractivity contribution in [3.8, 4) is 5.75 Å². The molecular formula is C19H13ClF3NO3. The number of carbonyl (C=O) groups excluding carboxylic acids is 2. The largest absolute Gasteiger partial charge is 0.497 e. The van der Waals surface area contributed by atoms with E-state index in [4.69, 9.17) is 16.3 Å². The monoisotopic (exact) mass is 395 g/mol. The Balaban J connectivity index is 2.18. The van der Waals surface area contributed by atoms with Crippen LogP contribution in [0.25, 0.3) is 11.6 Å². The van der Waals surface area contributed by atoms with Gasteiger partial charge in [0.1, 0.15) is 5.75 Å². The number of hydrogen-bond acceptors (Lipinski definition) is 3. The minimum absolute atomic E-state index is 0.00174. The van der Waals surface area contributed by atoms with Gasteiger partial charge in [0.25, 0.3) is 5.91 Å². The topological polar surface area (TPSA) is 46.6 Å². The van der Waals surface area contributed by atoms with E-state index in [1.165, 1.54) is 38.3 Å². The lowest BCUT2D eigenvalue weighted by Gasteiger charge is -2.12. The summed E-state index contributed by atoms with van der Waals surface area (Å²) in [6.07, 6.45) is -3.27. The van der Waals surface area contributed by atoms with Crippen LogP contribution >= 0.6 is 11.6 Å². The molecule has 1 aliphatic heterocycles. The molecule has 0 saturated heterocycles. The minimum atomic E-state index is -4.57. The number of methoxy groups -OCH3 is 1. The second-order valence-electron chi connectivity index (χ2n) is 5.87. The Morgan fingerprint density at radius 2 is 1.89 bits per heavy atom. The Hall–Kier alpha value is -2.80. The highest BCUT2D eigenvalue weighted by Gasteiger charge is 2.36. The van der Waals surface area contributed by atoms with Crippen molar-refractivity contribution in [2.45, 2.75) is 13.1 Å². The second-order valence-corrected chi connectivity index (χ2v) is 6.31. The third-order valence-electron chi connectivity index (χ3n) is 4.04. The van der Waals surface area contributed by atoms with Crippen molar-refractivity contribution in [1.82, 2.24) is 0 Å². The lowest BCUT2D eigenvalue weighted by Crippen LogP contribution is -2.31. The fourth-order valence-corrected chi connectivity index (χ4v) is 3.03. The smallest absolute Gasteiger partial charge is 0.416 e. The molecule has 0 spiro atoms. The van der Waals surface area contributed by atoms with Crippen LogP contribution in [0.15, 0.2) is 36.4 Å². The number of alkyl halides is 3. The number of ether oxygens (including phenoxy) is 1. The number of fused-ring (bicyclic) bond motifs is 1. The zero-order valence-corrected chi connectivity index (χ0v) is 15.0. The molecule has 0 atom stereocenters. The summed E-state index contributed by atoms with van der Waals surface area (Å²) in [5, 5.41) is 0.329. The van der Waals surface area contributed by atoms with Gasteiger partial charge in [0.05, 0.1) is 23.9 Å². The number of benzene rings is 2. The Morgan fingerprint density at radius 1 is 1.19 bits per heavy atom. The zero-order valence-electron chi connectivity index (χ0n) is 14.2. The Kier molecular flexibility index (Phi) is 4.73. The average molecular weight is 396 g/mol. The molecule has 0 fully saturated rings. The lowest BCUT2D eigenvalue weighted by atomic mass is 10.0. The first-order valence-corrected chi connectivity index (χ1v) is 8.12. The molecule has 3 rings (SSSR count). The third-order valence-corrected chi connectivity index (χ3v) is 4.28. The summed E-state index contributed by atoms with van der Waals surface area (Å²) in [7, 11) is 1.25. The van der Waals surface area contributed by atoms with Crippen LogP contribution in [-0.4, -0.2) is 18.9 Å². The van der Waals surface area contributed by atoms with Gasteiger partial charge in [-0.25, -0.2) is 4.90 Å². The van der Waals surface area contributed by atoms with Crippen LogP contribution in [0.1, 0.15) is 23.6 Å². The van der Waals surface area contributed by atoms with Crippen LogP contribution in [0.5, 0.6) is 5.75 Å². The van der Waals surface area contributed by atoms with Gasteiger partial charge < -0.3 is 4.74 Å². The van der Waals surface area contributed by atoms with Crippen LogP contribution in [0.4, 0.5) is 18.9 Å². The quantitative estimate of drug-likeness (QED) is 0.686. The SMILES string of the molecule is COc1cc(C=C2C(=O)N(C(C)=O)c3cc(Cl)ccc32)cc(C(F)(F)F)c1. The summed E-state index contributed by atoms with van der Waals surface area (Å²) in [5.41, 5.74) is 0.0228. The van der Waals surface area contributed by atoms with Crippen molar-refractivity contribution >= 4 is 40.8 Å². The van der Waals surface area contributed by atoms with Crippen LogP contribution < -0.4 is 9.64 Å². The normalized spacial score (nSPS) is 15.3. The molecule has 140 valence electrons. The van der Waals surface area contributed by atoms with E-state index < -0.39 is 23.6 Å². The molecule has 1 heterocycles. The van der Waals surface area contributed by atoms with Crippen LogP contribution in [0.2, 0.25) is 5.02 Å². The molecule has 0 aliphatic carbocycles. The fourth-order valence-electron chi connectivity index (χ4n) is 2.87. The molecule has 2 aromatic rings. The second kappa shape index (κ2) is 6.74. The van der Waals surface area contributed by atoms with Gasteiger partial charge in [-0.3, -0.25) is 9.59 Å². The van der Waals surface area contributed by atoms with Gasteiger partial charge in [-0.15, -0.1) is 0 Å². The van der Waals surface area contributed by atoms with Crippen molar-refractivity contribution in [1.29, 1.82) is 0 Å². The van der Waals surface area contributed by atoms with Gasteiger partial charge in [-0.05, 0) is 42.0 Å². The number of imide groups is 1. The first-order valence-electron chi connectivity index (χ1n) is 7.74. The molecule has 0 radical (unpaired) electrons. The molecule has 0 bridgehead atoms. The number of amides is 2. The molecule has 0 saturated carbocycles. The molecule has 2 amide bonds. The highest BCUT2D eigenvalue weighted by atomic mass is 35.5. The number of nitrogens with zero attached hydrogens (tertiary/aromatic N) is 1. The van der Waals surface area contributed by atoms with Crippen molar-refractivity contribution < 1.29 is 27.5 Å². The number of halogens is 4. The molecule has 2 aromatic carbocycles. The molecular weight excluding hydrogens is 383 g/mol. The highest BCUT2D eigenvalue weighted by molar-refractivity contribution is 6.42. The van der Waals surface area contributed by atoms with E-state index in [2.05, 4.69) is 0 Å². The van der Waals surface area contributed by atoms with Crippen molar-refractivity contribution in [3.63, 3.8) is 0 Å². The predicted octanol–water partition coefficient (Wildman–Crippen LogP) is 4.80. The third kappa shape index (κ3) is 3.55. The van der Waals surface area contributed by atoms with Gasteiger partial charge in [0.2, 0.25) is 5.91 Å². The summed E-state index contributed by atoms with van der Waals surface area (Å²) in [6.45, 7) is 1.22. The van der Waals surface area contributed by atoms with Crippen molar-refractivity contribution in [2.24, 2.45) is 0 Å². The van der Waals surface area contributed by atoms with Crippen LogP contribution in [0.3, 0.4) is 0 Å². The number of carbonyl (C=O) groups is 2. The van der Waals surface area contributed by atoms with Gasteiger partial charge in [0, 0.05) is 17.5 Å². The molecule has 27 heavy (non-hydrogen) atoms. The van der Waals surface area contributed by atoms with E-state index in [0.717, 1.165) is 17.0 Å². The van der Waals surface area contributed by atoms with E-state index in [0.29, 0.717) is 16.3 Å². The molecule has 0 N–H and O–H groups in total. The summed E-state index contributed by atoms with van der Waals surface area (Å²) < 4.78 is 44.3. The van der Waals surface area contributed by atoms with Crippen LogP contribution in [-0.2, 0) is 15.8 Å². The summed E-state index contributed by atoms with van der Waals surface area (Å²) in [5.74, 6) is -1.15. The average Bonchev–Trinajstić information content (AvgIpc) is 2.85. The Bertz CT molecular complexity index is 983. The predicted molar refractivity (Wildman–Crippen MR) is 95.5 cm³/mol. The van der Waals surface area contributed by atoms with Gasteiger partial charge in [-0.1, -0.05) is 17.7 Å². The number of hydrogen-bond donors (Lipinski definition) is 0. The molecule has 1 aliphatic rings. The maximum absolute atomic E-state index is 13.1. The summed E-state index contributed by atoms with van der Waals surface area (Å²) in [4.78, 5) is 25.5. The first kappa shape index (κ1) is 19.0. The van der Waals surface area contributed by atoms with Gasteiger partial charge >= 0.3 is 6.18 Å². The molecule has 4 nitrogen and oxygen atoms in total. The summed E-state index contributed by atoms with van der Waals surface area (Å²) >= 11 is 5.95. The molecule has 0 aromatic heterocycles. The standard InChI is InChI=1S/C19H13ClF3NO3/c1-10(25)24-17-9-13(20)3-4-15(17)16(18(24)26)7-11-5-12(19(21,22)23)8-14(6-11)27-2/h3-9H,1-2H3. The maximum Gasteiger partial charge on any atom is 0.416 e. The number of rotatable bonds is 2. The Labute approximate surface area is 157 Å². The van der Waals surface area contributed by atoms with Gasteiger partial charge in [0.15, 0.2) is 0 Å². The molecule has 8 heteroatoms. The van der Waals surface area contributed by atoms with E-state index in [9.17, 15) is 22.8 Å².